The maximum atomic E-state index is 12.7. The number of hydrogen-bond donors (Lipinski definition) is 0. The molecule has 1 amide bonds. The minimum atomic E-state index is -0.260. The molecule has 4 nitrogen and oxygen atoms in total. The fourth-order valence-corrected chi connectivity index (χ4v) is 3.82. The molecule has 0 atom stereocenters. The lowest BCUT2D eigenvalue weighted by molar-refractivity contribution is 0.0998. The molecule has 1 aromatic heterocycles. The van der Waals surface area contributed by atoms with E-state index in [1.807, 2.05) is 82.7 Å². The molecule has 28 heavy (non-hydrogen) atoms. The first-order chi connectivity index (χ1) is 13.8. The number of carbonyl (C=O) groups is 1. The Hall–Kier alpha value is -3.44. The van der Waals surface area contributed by atoms with Gasteiger partial charge in [0.25, 0.3) is 5.91 Å². The highest BCUT2D eigenvalue weighted by Gasteiger charge is 2.12. The Bertz CT molecular complexity index is 1140. The zero-order valence-electron chi connectivity index (χ0n) is 15.3. The van der Waals surface area contributed by atoms with E-state index >= 15 is 0 Å². The molecule has 0 bridgehead atoms. The van der Waals surface area contributed by atoms with E-state index in [1.54, 1.807) is 19.2 Å². The Labute approximate surface area is 167 Å². The van der Waals surface area contributed by atoms with Crippen LogP contribution in [0.4, 0.5) is 0 Å². The number of carbonyl (C=O) groups excluding carboxylic acids is 1. The van der Waals surface area contributed by atoms with Crippen LogP contribution in [-0.2, 0) is 0 Å². The normalized spacial score (nSPS) is 11.4. The van der Waals surface area contributed by atoms with Crippen molar-refractivity contribution in [2.75, 3.05) is 7.11 Å². The standard InChI is InChI=1S/C23H18N2O2S/c1-27-20-14-12-19(13-15-20)25-21(17-8-4-2-5-9-17)16-28-23(25)24-22(26)18-10-6-3-7-11-18/h2-16H,1H3. The summed E-state index contributed by atoms with van der Waals surface area (Å²) in [5.41, 5.74) is 3.53. The van der Waals surface area contributed by atoms with Crippen LogP contribution < -0.4 is 9.54 Å². The van der Waals surface area contributed by atoms with E-state index in [0.717, 1.165) is 22.7 Å². The number of amides is 1. The van der Waals surface area contributed by atoms with Crippen molar-refractivity contribution in [1.29, 1.82) is 0 Å². The zero-order chi connectivity index (χ0) is 19.3. The number of nitrogens with zero attached hydrogens (tertiary/aromatic N) is 2. The maximum absolute atomic E-state index is 12.7. The summed E-state index contributed by atoms with van der Waals surface area (Å²) in [6.07, 6.45) is 0. The molecule has 0 radical (unpaired) electrons. The van der Waals surface area contributed by atoms with E-state index in [4.69, 9.17) is 4.74 Å². The van der Waals surface area contributed by atoms with Gasteiger partial charge in [0, 0.05) is 16.6 Å². The van der Waals surface area contributed by atoms with E-state index in [0.29, 0.717) is 10.4 Å². The van der Waals surface area contributed by atoms with E-state index in [1.165, 1.54) is 11.3 Å². The molecule has 3 aromatic carbocycles. The van der Waals surface area contributed by atoms with Crippen molar-refractivity contribution < 1.29 is 9.53 Å². The third kappa shape index (κ3) is 3.66. The van der Waals surface area contributed by atoms with Crippen LogP contribution in [0.2, 0.25) is 0 Å². The minimum absolute atomic E-state index is 0.260. The molecule has 0 aliphatic heterocycles. The molecule has 138 valence electrons. The van der Waals surface area contributed by atoms with Gasteiger partial charge in [0.15, 0.2) is 4.80 Å². The monoisotopic (exact) mass is 386 g/mol. The zero-order valence-corrected chi connectivity index (χ0v) is 16.1. The van der Waals surface area contributed by atoms with Gasteiger partial charge in [-0.2, -0.15) is 4.99 Å². The molecule has 4 rings (SSSR count). The third-order valence-corrected chi connectivity index (χ3v) is 5.15. The van der Waals surface area contributed by atoms with Crippen LogP contribution in [-0.4, -0.2) is 17.6 Å². The summed E-state index contributed by atoms with van der Waals surface area (Å²) in [4.78, 5) is 17.7. The van der Waals surface area contributed by atoms with Gasteiger partial charge in [-0.05, 0) is 42.0 Å². The Morgan fingerprint density at radius 3 is 2.18 bits per heavy atom. The number of thiazole rings is 1. The molecule has 0 unspecified atom stereocenters. The van der Waals surface area contributed by atoms with Crippen LogP contribution in [0.5, 0.6) is 5.75 Å². The topological polar surface area (TPSA) is 43.6 Å². The molecule has 0 saturated heterocycles. The second kappa shape index (κ2) is 8.06. The lowest BCUT2D eigenvalue weighted by Crippen LogP contribution is -2.16. The number of hydrogen-bond acceptors (Lipinski definition) is 3. The highest BCUT2D eigenvalue weighted by Crippen LogP contribution is 2.24. The Morgan fingerprint density at radius 2 is 1.54 bits per heavy atom. The summed E-state index contributed by atoms with van der Waals surface area (Å²) in [6, 6.07) is 26.9. The molecule has 0 aliphatic carbocycles. The highest BCUT2D eigenvalue weighted by molar-refractivity contribution is 7.07. The molecule has 0 fully saturated rings. The quantitative estimate of drug-likeness (QED) is 0.498. The summed E-state index contributed by atoms with van der Waals surface area (Å²) in [6.45, 7) is 0. The second-order valence-corrected chi connectivity index (χ2v) is 6.92. The molecule has 1 heterocycles. The van der Waals surface area contributed by atoms with Gasteiger partial charge in [-0.25, -0.2) is 0 Å². The molecule has 0 N–H and O–H groups in total. The van der Waals surface area contributed by atoms with Crippen molar-refractivity contribution >= 4 is 17.2 Å². The van der Waals surface area contributed by atoms with Gasteiger partial charge >= 0.3 is 0 Å². The van der Waals surface area contributed by atoms with E-state index in [9.17, 15) is 4.79 Å². The third-order valence-electron chi connectivity index (χ3n) is 4.33. The molecule has 4 aromatic rings. The smallest absolute Gasteiger partial charge is 0.279 e. The van der Waals surface area contributed by atoms with Gasteiger partial charge in [-0.15, -0.1) is 11.3 Å². The summed E-state index contributed by atoms with van der Waals surface area (Å²) < 4.78 is 7.27. The molecule has 0 aliphatic rings. The van der Waals surface area contributed by atoms with Crippen LogP contribution in [0.15, 0.2) is 95.3 Å². The first kappa shape index (κ1) is 17.9. The molecule has 0 spiro atoms. The van der Waals surface area contributed by atoms with Crippen molar-refractivity contribution in [3.05, 3.63) is 101 Å². The van der Waals surface area contributed by atoms with Gasteiger partial charge < -0.3 is 4.74 Å². The minimum Gasteiger partial charge on any atom is -0.497 e. The summed E-state index contributed by atoms with van der Waals surface area (Å²) in [5, 5.41) is 2.02. The van der Waals surface area contributed by atoms with Crippen LogP contribution in [0, 0.1) is 0 Å². The van der Waals surface area contributed by atoms with Crippen molar-refractivity contribution in [1.82, 2.24) is 4.57 Å². The largest absolute Gasteiger partial charge is 0.497 e. The lowest BCUT2D eigenvalue weighted by Gasteiger charge is -2.10. The van der Waals surface area contributed by atoms with Crippen LogP contribution >= 0.6 is 11.3 Å². The lowest BCUT2D eigenvalue weighted by atomic mass is 10.1. The number of benzene rings is 3. The van der Waals surface area contributed by atoms with Gasteiger partial charge in [-0.1, -0.05) is 48.5 Å². The molecular formula is C23H18N2O2S. The summed E-state index contributed by atoms with van der Waals surface area (Å²) in [5.74, 6) is 0.518. The predicted molar refractivity (Wildman–Crippen MR) is 112 cm³/mol. The SMILES string of the molecule is COc1ccc(-n2c(-c3ccccc3)csc2=NC(=O)c2ccccc2)cc1. The highest BCUT2D eigenvalue weighted by atomic mass is 32.1. The Kier molecular flexibility index (Phi) is 5.17. The second-order valence-electron chi connectivity index (χ2n) is 6.09. The van der Waals surface area contributed by atoms with Crippen molar-refractivity contribution in [3.8, 4) is 22.7 Å². The first-order valence-electron chi connectivity index (χ1n) is 8.81. The molecule has 0 saturated carbocycles. The van der Waals surface area contributed by atoms with Gasteiger partial charge in [0.05, 0.1) is 12.8 Å². The van der Waals surface area contributed by atoms with Crippen LogP contribution in [0.25, 0.3) is 16.9 Å². The van der Waals surface area contributed by atoms with Gasteiger partial charge in [-0.3, -0.25) is 9.36 Å². The fraction of sp³-hybridized carbons (Fsp3) is 0.0435. The number of rotatable bonds is 4. The van der Waals surface area contributed by atoms with Crippen LogP contribution in [0.1, 0.15) is 10.4 Å². The van der Waals surface area contributed by atoms with Crippen molar-refractivity contribution in [3.63, 3.8) is 0 Å². The van der Waals surface area contributed by atoms with Crippen molar-refractivity contribution in [2.24, 2.45) is 4.99 Å². The van der Waals surface area contributed by atoms with Gasteiger partial charge in [0.1, 0.15) is 5.75 Å². The van der Waals surface area contributed by atoms with E-state index in [-0.39, 0.29) is 5.91 Å². The fourth-order valence-electron chi connectivity index (χ4n) is 2.91. The number of ether oxygens (including phenoxy) is 1. The van der Waals surface area contributed by atoms with Crippen LogP contribution in [0.3, 0.4) is 0 Å². The Balaban J connectivity index is 1.88. The van der Waals surface area contributed by atoms with Gasteiger partial charge in [0.2, 0.25) is 0 Å². The van der Waals surface area contributed by atoms with E-state index in [2.05, 4.69) is 4.99 Å². The van der Waals surface area contributed by atoms with Crippen molar-refractivity contribution in [2.45, 2.75) is 0 Å². The number of aromatic nitrogens is 1. The first-order valence-corrected chi connectivity index (χ1v) is 9.69. The number of methoxy groups -OCH3 is 1. The predicted octanol–water partition coefficient (Wildman–Crippen LogP) is 4.96. The summed E-state index contributed by atoms with van der Waals surface area (Å²) >= 11 is 1.44. The Morgan fingerprint density at radius 1 is 0.893 bits per heavy atom. The maximum Gasteiger partial charge on any atom is 0.279 e. The molecular weight excluding hydrogens is 368 g/mol. The average molecular weight is 386 g/mol. The van der Waals surface area contributed by atoms with E-state index < -0.39 is 0 Å². The average Bonchev–Trinajstić information content (AvgIpc) is 3.18. The summed E-state index contributed by atoms with van der Waals surface area (Å²) in [7, 11) is 1.64. The molecule has 5 heteroatoms.